The molecule has 0 aromatic heterocycles. The summed E-state index contributed by atoms with van der Waals surface area (Å²) in [5.74, 6) is 0. The Morgan fingerprint density at radius 3 is 1.38 bits per heavy atom. The van der Waals surface area contributed by atoms with Crippen LogP contribution in [0.15, 0.2) is 29.8 Å². The number of hydrogen-bond acceptors (Lipinski definition) is 9. The molecule has 0 atom stereocenters. The lowest BCUT2D eigenvalue weighted by Gasteiger charge is -2.25. The number of anilines is 1. The molecular weight excluding hydrogens is 412 g/mol. The lowest BCUT2D eigenvalue weighted by Crippen LogP contribution is -2.31. The van der Waals surface area contributed by atoms with Crippen molar-refractivity contribution < 1.29 is 23.7 Å². The molecule has 0 unspecified atom stereocenters. The molecule has 1 heterocycles. The van der Waals surface area contributed by atoms with E-state index in [0.29, 0.717) is 84.7 Å². The van der Waals surface area contributed by atoms with Gasteiger partial charge in [0.05, 0.1) is 71.6 Å². The molecule has 0 radical (unpaired) electrons. The van der Waals surface area contributed by atoms with Crippen LogP contribution in [0.4, 0.5) is 5.69 Å². The summed E-state index contributed by atoms with van der Waals surface area (Å²) in [5, 5.41) is 27.5. The molecule has 0 spiro atoms. The first-order chi connectivity index (χ1) is 15.8. The van der Waals surface area contributed by atoms with Gasteiger partial charge in [-0.05, 0) is 17.7 Å². The fourth-order valence-electron chi connectivity index (χ4n) is 2.94. The number of rotatable bonds is 2. The average Bonchev–Trinajstić information content (AvgIpc) is 2.82. The van der Waals surface area contributed by atoms with Gasteiger partial charge in [0.15, 0.2) is 0 Å². The average molecular weight is 441 g/mol. The highest BCUT2D eigenvalue weighted by Crippen LogP contribution is 2.22. The minimum atomic E-state index is -0.199. The summed E-state index contributed by atoms with van der Waals surface area (Å²) in [4.78, 5) is 2.12. The summed E-state index contributed by atoms with van der Waals surface area (Å²) >= 11 is 0. The number of hydrogen-bond donors (Lipinski definition) is 0. The summed E-state index contributed by atoms with van der Waals surface area (Å²) in [6, 6.07) is 12.7. The van der Waals surface area contributed by atoms with Gasteiger partial charge in [-0.15, -0.1) is 0 Å². The van der Waals surface area contributed by atoms with Crippen molar-refractivity contribution in [2.75, 3.05) is 84.1 Å². The minimum Gasteiger partial charge on any atom is -0.377 e. The number of nitrogens with zero attached hydrogens (tertiary/aromatic N) is 4. The van der Waals surface area contributed by atoms with Crippen LogP contribution in [0.3, 0.4) is 0 Å². The summed E-state index contributed by atoms with van der Waals surface area (Å²) in [7, 11) is 0. The second-order valence-electron chi connectivity index (χ2n) is 6.68. The molecule has 32 heavy (non-hydrogen) atoms. The molecule has 170 valence electrons. The van der Waals surface area contributed by atoms with Crippen LogP contribution in [-0.4, -0.2) is 79.2 Å². The van der Waals surface area contributed by atoms with Crippen molar-refractivity contribution in [1.29, 1.82) is 15.8 Å². The predicted octanol–water partition coefficient (Wildman–Crippen LogP) is 1.91. The largest absolute Gasteiger partial charge is 0.377 e. The number of nitriles is 3. The van der Waals surface area contributed by atoms with E-state index in [1.165, 1.54) is 0 Å². The molecular formula is C23H28N4O5. The Labute approximate surface area is 188 Å². The molecule has 1 fully saturated rings. The van der Waals surface area contributed by atoms with Crippen LogP contribution in [0.2, 0.25) is 0 Å². The van der Waals surface area contributed by atoms with Crippen LogP contribution in [0.1, 0.15) is 5.56 Å². The summed E-state index contributed by atoms with van der Waals surface area (Å²) in [5.41, 5.74) is 1.32. The third-order valence-corrected chi connectivity index (χ3v) is 4.61. The fraction of sp³-hybridized carbons (Fsp3) is 0.522. The molecule has 9 nitrogen and oxygen atoms in total. The van der Waals surface area contributed by atoms with Gasteiger partial charge < -0.3 is 28.6 Å². The van der Waals surface area contributed by atoms with E-state index in [-0.39, 0.29) is 11.1 Å². The molecule has 9 heteroatoms. The Morgan fingerprint density at radius 2 is 1.00 bits per heavy atom. The van der Waals surface area contributed by atoms with Crippen molar-refractivity contribution in [2.45, 2.75) is 0 Å². The van der Waals surface area contributed by atoms with Crippen molar-refractivity contribution in [3.8, 4) is 18.2 Å². The Kier molecular flexibility index (Phi) is 12.5. The second-order valence-corrected chi connectivity index (χ2v) is 6.68. The molecule has 1 aliphatic heterocycles. The van der Waals surface area contributed by atoms with E-state index in [1.54, 1.807) is 24.3 Å². The summed E-state index contributed by atoms with van der Waals surface area (Å²) in [6.45, 7) is 6.39. The highest BCUT2D eigenvalue weighted by atomic mass is 16.6. The number of allylic oxidation sites excluding steroid dienone is 2. The predicted molar refractivity (Wildman–Crippen MR) is 117 cm³/mol. The zero-order valence-electron chi connectivity index (χ0n) is 18.1. The monoisotopic (exact) mass is 440 g/mol. The lowest BCUT2D eigenvalue weighted by atomic mass is 10.0. The van der Waals surface area contributed by atoms with E-state index in [1.807, 2.05) is 18.2 Å². The molecule has 1 saturated heterocycles. The van der Waals surface area contributed by atoms with Gasteiger partial charge in [-0.3, -0.25) is 0 Å². The van der Waals surface area contributed by atoms with Crippen molar-refractivity contribution >= 4 is 11.3 Å². The van der Waals surface area contributed by atoms with E-state index in [2.05, 4.69) is 4.90 Å². The number of benzene rings is 1. The molecule has 0 amide bonds. The lowest BCUT2D eigenvalue weighted by molar-refractivity contribution is -0.0116. The van der Waals surface area contributed by atoms with E-state index < -0.39 is 0 Å². The molecule has 0 saturated carbocycles. The van der Waals surface area contributed by atoms with Gasteiger partial charge in [0.25, 0.3) is 0 Å². The standard InChI is InChI=1S/C23H28N4O5/c24-17-21(18-25)23(19-26)20-1-3-22(4-2-20)27-5-7-28-9-11-30-13-15-32-16-14-31-12-10-29-8-6-27/h1-4H,5-16H2. The maximum absolute atomic E-state index is 9.34. The Hall–Kier alpha value is -2.97. The zero-order chi connectivity index (χ0) is 22.9. The molecule has 0 bridgehead atoms. The van der Waals surface area contributed by atoms with Gasteiger partial charge in [0.1, 0.15) is 23.8 Å². The minimum absolute atomic E-state index is 0.0679. The molecule has 0 N–H and O–H groups in total. The van der Waals surface area contributed by atoms with E-state index in [9.17, 15) is 5.26 Å². The normalized spacial score (nSPS) is 17.6. The third kappa shape index (κ3) is 9.03. The summed E-state index contributed by atoms with van der Waals surface area (Å²) in [6.07, 6.45) is 0. The first-order valence-corrected chi connectivity index (χ1v) is 10.5. The first kappa shape index (κ1) is 25.3. The Morgan fingerprint density at radius 1 is 0.594 bits per heavy atom. The smallest absolute Gasteiger partial charge is 0.148 e. The van der Waals surface area contributed by atoms with Gasteiger partial charge in [-0.1, -0.05) is 12.1 Å². The zero-order valence-corrected chi connectivity index (χ0v) is 18.1. The van der Waals surface area contributed by atoms with Crippen molar-refractivity contribution in [2.24, 2.45) is 0 Å². The van der Waals surface area contributed by atoms with Crippen LogP contribution in [-0.2, 0) is 23.7 Å². The topological polar surface area (TPSA) is 121 Å². The molecule has 0 aliphatic carbocycles. The van der Waals surface area contributed by atoms with Crippen molar-refractivity contribution in [3.63, 3.8) is 0 Å². The van der Waals surface area contributed by atoms with Crippen LogP contribution < -0.4 is 4.90 Å². The van der Waals surface area contributed by atoms with Gasteiger partial charge >= 0.3 is 0 Å². The third-order valence-electron chi connectivity index (χ3n) is 4.61. The highest BCUT2D eigenvalue weighted by Gasteiger charge is 2.11. The number of ether oxygens (including phenoxy) is 5. The van der Waals surface area contributed by atoms with Crippen molar-refractivity contribution in [1.82, 2.24) is 0 Å². The van der Waals surface area contributed by atoms with E-state index >= 15 is 0 Å². The van der Waals surface area contributed by atoms with Crippen LogP contribution in [0, 0.1) is 34.0 Å². The van der Waals surface area contributed by atoms with E-state index in [4.69, 9.17) is 34.2 Å². The Balaban J connectivity index is 2.01. The highest BCUT2D eigenvalue weighted by molar-refractivity contribution is 5.84. The van der Waals surface area contributed by atoms with Gasteiger partial charge in [0.2, 0.25) is 0 Å². The maximum atomic E-state index is 9.34. The fourth-order valence-corrected chi connectivity index (χ4v) is 2.94. The molecule has 1 aromatic carbocycles. The first-order valence-electron chi connectivity index (χ1n) is 10.5. The molecule has 1 aromatic rings. The van der Waals surface area contributed by atoms with Gasteiger partial charge in [-0.25, -0.2) is 0 Å². The van der Waals surface area contributed by atoms with Crippen molar-refractivity contribution in [3.05, 3.63) is 35.4 Å². The molecule has 2 rings (SSSR count). The van der Waals surface area contributed by atoms with E-state index in [0.717, 1.165) is 5.69 Å². The Bertz CT molecular complexity index is 802. The summed E-state index contributed by atoms with van der Waals surface area (Å²) < 4.78 is 27.7. The SMILES string of the molecule is N#CC(C#N)=C(C#N)c1ccc(N2CCOCCOCCOCCOCCOCC2)cc1. The van der Waals surface area contributed by atoms with Gasteiger partial charge in [0, 0.05) is 18.8 Å². The van der Waals surface area contributed by atoms with Gasteiger partial charge in [-0.2, -0.15) is 15.8 Å². The molecule has 1 aliphatic rings. The quantitative estimate of drug-likeness (QED) is 0.635. The second kappa shape index (κ2) is 15.8. The van der Waals surface area contributed by atoms with Crippen LogP contribution in [0.5, 0.6) is 0 Å². The van der Waals surface area contributed by atoms with Crippen LogP contribution >= 0.6 is 0 Å². The van der Waals surface area contributed by atoms with Crippen LogP contribution in [0.25, 0.3) is 5.57 Å². The maximum Gasteiger partial charge on any atom is 0.148 e.